The maximum atomic E-state index is 11.1. The number of aliphatic hydroxyl groups is 1. The Morgan fingerprint density at radius 3 is 2.69 bits per heavy atom. The molecule has 0 aromatic rings. The molecule has 0 rings (SSSR count). The fourth-order valence-corrected chi connectivity index (χ4v) is 0.926. The van der Waals surface area contributed by atoms with Crippen LogP contribution in [0.2, 0.25) is 0 Å². The second kappa shape index (κ2) is 6.86. The van der Waals surface area contributed by atoms with Crippen LogP contribution in [-0.2, 0) is 4.79 Å². The number of hydrogen-bond acceptors (Lipinski definition) is 3. The number of rotatable bonds is 6. The monoisotopic (exact) mass is 188 g/mol. The van der Waals surface area contributed by atoms with Gasteiger partial charge in [-0.05, 0) is 26.2 Å². The lowest BCUT2D eigenvalue weighted by molar-refractivity contribution is -0.122. The standard InChI is InChI=1S/C9H20N2O2/c1-3-8(10)9(13)11-6-4-5-7(2)12/h7-8,12H,3-6,10H2,1-2H3,(H,11,13)/t7?,8-/m0/s1. The lowest BCUT2D eigenvalue weighted by atomic mass is 10.2. The summed E-state index contributed by atoms with van der Waals surface area (Å²) in [6.07, 6.45) is 1.86. The van der Waals surface area contributed by atoms with Crippen LogP contribution < -0.4 is 11.1 Å². The summed E-state index contributed by atoms with van der Waals surface area (Å²) < 4.78 is 0. The molecule has 1 amide bonds. The van der Waals surface area contributed by atoms with Crippen molar-refractivity contribution in [3.8, 4) is 0 Å². The second-order valence-corrected chi connectivity index (χ2v) is 3.30. The Morgan fingerprint density at radius 2 is 2.23 bits per heavy atom. The molecule has 0 fully saturated rings. The molecule has 4 heteroatoms. The van der Waals surface area contributed by atoms with E-state index in [0.717, 1.165) is 6.42 Å². The topological polar surface area (TPSA) is 75.4 Å². The molecule has 0 aliphatic carbocycles. The molecule has 0 aliphatic heterocycles. The van der Waals surface area contributed by atoms with Crippen LogP contribution >= 0.6 is 0 Å². The van der Waals surface area contributed by atoms with Gasteiger partial charge in [0.2, 0.25) is 5.91 Å². The molecule has 0 aromatic carbocycles. The van der Waals surface area contributed by atoms with Gasteiger partial charge in [-0.25, -0.2) is 0 Å². The molecule has 13 heavy (non-hydrogen) atoms. The van der Waals surface area contributed by atoms with Crippen molar-refractivity contribution >= 4 is 5.91 Å². The first-order valence-electron chi connectivity index (χ1n) is 4.79. The zero-order valence-corrected chi connectivity index (χ0v) is 8.42. The largest absolute Gasteiger partial charge is 0.393 e. The first-order valence-corrected chi connectivity index (χ1v) is 4.79. The third kappa shape index (κ3) is 6.54. The van der Waals surface area contributed by atoms with Crippen molar-refractivity contribution in [1.29, 1.82) is 0 Å². The zero-order valence-electron chi connectivity index (χ0n) is 8.42. The molecule has 0 saturated carbocycles. The molecule has 1 unspecified atom stereocenters. The van der Waals surface area contributed by atoms with Crippen molar-refractivity contribution in [2.75, 3.05) is 6.54 Å². The van der Waals surface area contributed by atoms with Gasteiger partial charge >= 0.3 is 0 Å². The van der Waals surface area contributed by atoms with Gasteiger partial charge in [0, 0.05) is 6.54 Å². The fourth-order valence-electron chi connectivity index (χ4n) is 0.926. The van der Waals surface area contributed by atoms with E-state index in [1.165, 1.54) is 0 Å². The summed E-state index contributed by atoms with van der Waals surface area (Å²) in [6.45, 7) is 4.21. The van der Waals surface area contributed by atoms with Crippen molar-refractivity contribution in [1.82, 2.24) is 5.32 Å². The van der Waals surface area contributed by atoms with Crippen LogP contribution in [0.25, 0.3) is 0 Å². The quantitative estimate of drug-likeness (QED) is 0.514. The van der Waals surface area contributed by atoms with E-state index >= 15 is 0 Å². The van der Waals surface area contributed by atoms with Crippen LogP contribution in [0.1, 0.15) is 33.1 Å². The highest BCUT2D eigenvalue weighted by Crippen LogP contribution is 1.94. The van der Waals surface area contributed by atoms with Crippen molar-refractivity contribution in [3.63, 3.8) is 0 Å². The summed E-state index contributed by atoms with van der Waals surface area (Å²) >= 11 is 0. The third-order valence-corrected chi connectivity index (χ3v) is 1.87. The van der Waals surface area contributed by atoms with E-state index in [2.05, 4.69) is 5.32 Å². The minimum atomic E-state index is -0.397. The van der Waals surface area contributed by atoms with Gasteiger partial charge in [-0.2, -0.15) is 0 Å². The number of amides is 1. The lowest BCUT2D eigenvalue weighted by Gasteiger charge is -2.10. The zero-order chi connectivity index (χ0) is 10.3. The van der Waals surface area contributed by atoms with Crippen LogP contribution in [0.3, 0.4) is 0 Å². The minimum Gasteiger partial charge on any atom is -0.393 e. The molecule has 78 valence electrons. The SMILES string of the molecule is CC[C@H](N)C(=O)NCCCC(C)O. The van der Waals surface area contributed by atoms with Crippen molar-refractivity contribution in [2.24, 2.45) is 5.73 Å². The van der Waals surface area contributed by atoms with E-state index in [1.54, 1.807) is 6.92 Å². The fraction of sp³-hybridized carbons (Fsp3) is 0.889. The van der Waals surface area contributed by atoms with Crippen molar-refractivity contribution in [2.45, 2.75) is 45.3 Å². The van der Waals surface area contributed by atoms with Crippen LogP contribution in [0.15, 0.2) is 0 Å². The predicted molar refractivity (Wildman–Crippen MR) is 52.2 cm³/mol. The highest BCUT2D eigenvalue weighted by atomic mass is 16.3. The van der Waals surface area contributed by atoms with E-state index < -0.39 is 6.04 Å². The van der Waals surface area contributed by atoms with E-state index in [0.29, 0.717) is 19.4 Å². The van der Waals surface area contributed by atoms with E-state index in [4.69, 9.17) is 10.8 Å². The lowest BCUT2D eigenvalue weighted by Crippen LogP contribution is -2.40. The first kappa shape index (κ1) is 12.4. The maximum Gasteiger partial charge on any atom is 0.236 e. The molecule has 0 aromatic heterocycles. The molecule has 0 bridgehead atoms. The van der Waals surface area contributed by atoms with Crippen molar-refractivity contribution in [3.05, 3.63) is 0 Å². The van der Waals surface area contributed by atoms with Gasteiger partial charge in [-0.1, -0.05) is 6.92 Å². The van der Waals surface area contributed by atoms with Crippen molar-refractivity contribution < 1.29 is 9.90 Å². The molecular formula is C9H20N2O2. The second-order valence-electron chi connectivity index (χ2n) is 3.30. The van der Waals surface area contributed by atoms with Crippen LogP contribution in [0, 0.1) is 0 Å². The Labute approximate surface area is 79.5 Å². The molecule has 0 heterocycles. The van der Waals surface area contributed by atoms with Crippen LogP contribution in [-0.4, -0.2) is 29.7 Å². The average molecular weight is 188 g/mol. The number of nitrogens with two attached hydrogens (primary N) is 1. The van der Waals surface area contributed by atoms with Crippen LogP contribution in [0.5, 0.6) is 0 Å². The Kier molecular flexibility index (Phi) is 6.54. The Balaban J connectivity index is 3.37. The normalized spacial score (nSPS) is 15.1. The van der Waals surface area contributed by atoms with Gasteiger partial charge in [0.15, 0.2) is 0 Å². The number of carbonyl (C=O) groups is 1. The predicted octanol–water partition coefficient (Wildman–Crippen LogP) is 0.000900. The summed E-state index contributed by atoms with van der Waals surface area (Å²) in [5.41, 5.74) is 5.50. The summed E-state index contributed by atoms with van der Waals surface area (Å²) in [5, 5.41) is 11.6. The van der Waals surface area contributed by atoms with Gasteiger partial charge in [-0.3, -0.25) is 4.79 Å². The van der Waals surface area contributed by atoms with Crippen LogP contribution in [0.4, 0.5) is 0 Å². The third-order valence-electron chi connectivity index (χ3n) is 1.87. The van der Waals surface area contributed by atoms with Gasteiger partial charge in [-0.15, -0.1) is 0 Å². The molecule has 0 saturated heterocycles. The summed E-state index contributed by atoms with van der Waals surface area (Å²) in [4.78, 5) is 11.1. The van der Waals surface area contributed by atoms with E-state index in [-0.39, 0.29) is 12.0 Å². The van der Waals surface area contributed by atoms with E-state index in [9.17, 15) is 4.79 Å². The molecule has 4 N–H and O–H groups in total. The molecule has 2 atom stereocenters. The van der Waals surface area contributed by atoms with Gasteiger partial charge in [0.25, 0.3) is 0 Å². The Morgan fingerprint density at radius 1 is 1.62 bits per heavy atom. The highest BCUT2D eigenvalue weighted by molar-refractivity contribution is 5.81. The molecule has 0 aliphatic rings. The molecule has 0 spiro atoms. The number of carbonyl (C=O) groups excluding carboxylic acids is 1. The first-order chi connectivity index (χ1) is 6.07. The van der Waals surface area contributed by atoms with Gasteiger partial charge in [0.1, 0.15) is 0 Å². The minimum absolute atomic E-state index is 0.104. The summed E-state index contributed by atoms with van der Waals surface area (Å²) in [6, 6.07) is -0.397. The highest BCUT2D eigenvalue weighted by Gasteiger charge is 2.09. The maximum absolute atomic E-state index is 11.1. The Hall–Kier alpha value is -0.610. The van der Waals surface area contributed by atoms with E-state index in [1.807, 2.05) is 6.92 Å². The summed E-state index contributed by atoms with van der Waals surface area (Å²) in [5.74, 6) is -0.104. The Bertz CT molecular complexity index is 149. The number of nitrogens with one attached hydrogen (secondary N) is 1. The molecule has 4 nitrogen and oxygen atoms in total. The number of hydrogen-bond donors (Lipinski definition) is 3. The summed E-state index contributed by atoms with van der Waals surface area (Å²) in [7, 11) is 0. The smallest absolute Gasteiger partial charge is 0.236 e. The van der Waals surface area contributed by atoms with Gasteiger partial charge in [0.05, 0.1) is 12.1 Å². The van der Waals surface area contributed by atoms with Gasteiger partial charge < -0.3 is 16.2 Å². The molecular weight excluding hydrogens is 168 g/mol. The average Bonchev–Trinajstić information content (AvgIpc) is 2.10. The molecule has 0 radical (unpaired) electrons. The number of aliphatic hydroxyl groups excluding tert-OH is 1.